The second-order valence-corrected chi connectivity index (χ2v) is 7.97. The molecule has 0 aliphatic carbocycles. The van der Waals surface area contributed by atoms with Gasteiger partial charge in [0.05, 0.1) is 18.1 Å². The van der Waals surface area contributed by atoms with Gasteiger partial charge in [-0.2, -0.15) is 0 Å². The first-order valence-electron chi connectivity index (χ1n) is 9.72. The lowest BCUT2D eigenvalue weighted by Gasteiger charge is -2.28. The van der Waals surface area contributed by atoms with Gasteiger partial charge in [-0.3, -0.25) is 4.79 Å². The number of esters is 1. The first-order valence-corrected chi connectivity index (χ1v) is 9.72. The van der Waals surface area contributed by atoms with Crippen LogP contribution in [0.2, 0.25) is 0 Å². The summed E-state index contributed by atoms with van der Waals surface area (Å²) in [6.07, 6.45) is -0.308. The van der Waals surface area contributed by atoms with Crippen LogP contribution in [0.5, 0.6) is 0 Å². The zero-order chi connectivity index (χ0) is 19.9. The molecule has 1 rings (SSSR count). The largest absolute Gasteiger partial charge is 0.459 e. The van der Waals surface area contributed by atoms with Gasteiger partial charge >= 0.3 is 5.97 Å². The van der Waals surface area contributed by atoms with Gasteiger partial charge in [-0.25, -0.2) is 4.79 Å². The second kappa shape index (κ2) is 10.8. The maximum absolute atomic E-state index is 12.4. The Kier molecular flexibility index (Phi) is 9.51. The summed E-state index contributed by atoms with van der Waals surface area (Å²) in [6.45, 7) is 10.0. The van der Waals surface area contributed by atoms with Gasteiger partial charge in [0, 0.05) is 11.6 Å². The van der Waals surface area contributed by atoms with Crippen molar-refractivity contribution in [2.24, 2.45) is 17.8 Å². The van der Waals surface area contributed by atoms with Gasteiger partial charge < -0.3 is 20.3 Å². The Morgan fingerprint density at radius 2 is 1.85 bits per heavy atom. The number of hydrogen-bond donors (Lipinski definition) is 3. The van der Waals surface area contributed by atoms with Crippen molar-refractivity contribution in [3.05, 3.63) is 5.57 Å². The minimum atomic E-state index is -0.919. The Morgan fingerprint density at radius 1 is 1.19 bits per heavy atom. The quantitative estimate of drug-likeness (QED) is 0.482. The van der Waals surface area contributed by atoms with Crippen molar-refractivity contribution < 1.29 is 24.5 Å². The van der Waals surface area contributed by atoms with E-state index in [1.807, 2.05) is 26.7 Å². The van der Waals surface area contributed by atoms with E-state index in [9.17, 15) is 19.8 Å². The predicted octanol–water partition coefficient (Wildman–Crippen LogP) is 1.86. The molecule has 0 spiro atoms. The molecule has 0 radical (unpaired) electrons. The average Bonchev–Trinajstić information content (AvgIpc) is 2.61. The van der Waals surface area contributed by atoms with Gasteiger partial charge in [0.1, 0.15) is 12.0 Å². The maximum atomic E-state index is 12.4. The Morgan fingerprint density at radius 3 is 2.42 bits per heavy atom. The van der Waals surface area contributed by atoms with Crippen LogP contribution >= 0.6 is 0 Å². The highest BCUT2D eigenvalue weighted by atomic mass is 16.6. The number of rotatable bonds is 1. The number of aliphatic hydroxyl groups excluding tert-OH is 2. The molecule has 1 unspecified atom stereocenters. The molecule has 3 N–H and O–H groups in total. The van der Waals surface area contributed by atoms with E-state index in [1.54, 1.807) is 6.92 Å². The van der Waals surface area contributed by atoms with Crippen LogP contribution in [0, 0.1) is 17.8 Å². The van der Waals surface area contributed by atoms with Crippen LogP contribution in [0.25, 0.3) is 0 Å². The lowest BCUT2D eigenvalue weighted by Crippen LogP contribution is -2.40. The Labute approximate surface area is 157 Å². The zero-order valence-electron chi connectivity index (χ0n) is 16.7. The van der Waals surface area contributed by atoms with Crippen LogP contribution in [0.1, 0.15) is 60.3 Å². The van der Waals surface area contributed by atoms with Crippen molar-refractivity contribution in [3.8, 4) is 0 Å². The number of carbonyl (C=O) groups is 1. The highest BCUT2D eigenvalue weighted by molar-refractivity contribution is 5.73. The molecule has 0 aromatic carbocycles. The molecule has 26 heavy (non-hydrogen) atoms. The standard InChI is InChI=1S/C20H35NO5/c1-6-18-17(23)9-14(4)21-10-12(2)7-16(11-22)8-13(3)19(24)15(5)20(25)26-18/h12-15,17-19,21,23-24H,6-10H2,1-5H3/t12-,13-,14-,15?,17+,18-,19+/m1/s1. The highest BCUT2D eigenvalue weighted by Gasteiger charge is 2.32. The van der Waals surface area contributed by atoms with E-state index in [0.29, 0.717) is 37.8 Å². The number of allylic oxidation sites excluding steroid dienone is 1. The average molecular weight is 370 g/mol. The van der Waals surface area contributed by atoms with Gasteiger partial charge in [-0.1, -0.05) is 20.8 Å². The Bertz CT molecular complexity index is 502. The molecule has 1 saturated heterocycles. The van der Waals surface area contributed by atoms with Crippen LogP contribution in [-0.2, 0) is 14.3 Å². The summed E-state index contributed by atoms with van der Waals surface area (Å²) >= 11 is 0. The lowest BCUT2D eigenvalue weighted by molar-refractivity contribution is -0.165. The van der Waals surface area contributed by atoms with Gasteiger partial charge in [0.2, 0.25) is 0 Å². The van der Waals surface area contributed by atoms with E-state index in [0.717, 1.165) is 0 Å². The van der Waals surface area contributed by atoms with Crippen molar-refractivity contribution in [1.82, 2.24) is 5.32 Å². The van der Waals surface area contributed by atoms with E-state index in [2.05, 4.69) is 12.2 Å². The predicted molar refractivity (Wildman–Crippen MR) is 100 cm³/mol. The third-order valence-corrected chi connectivity index (χ3v) is 5.28. The fourth-order valence-electron chi connectivity index (χ4n) is 3.49. The molecule has 1 heterocycles. The van der Waals surface area contributed by atoms with Crippen molar-refractivity contribution in [3.63, 3.8) is 0 Å². The zero-order valence-corrected chi connectivity index (χ0v) is 16.7. The molecule has 6 nitrogen and oxygen atoms in total. The molecule has 150 valence electrons. The fraction of sp³-hybridized carbons (Fsp3) is 0.850. The lowest BCUT2D eigenvalue weighted by atomic mass is 9.86. The topological polar surface area (TPSA) is 95.9 Å². The van der Waals surface area contributed by atoms with Crippen LogP contribution in [-0.4, -0.2) is 53.0 Å². The summed E-state index contributed by atoms with van der Waals surface area (Å²) in [4.78, 5) is 23.7. The number of hydrogen-bond acceptors (Lipinski definition) is 6. The highest BCUT2D eigenvalue weighted by Crippen LogP contribution is 2.25. The molecule has 7 atom stereocenters. The second-order valence-electron chi connectivity index (χ2n) is 7.97. The van der Waals surface area contributed by atoms with Crippen molar-refractivity contribution in [1.29, 1.82) is 0 Å². The smallest absolute Gasteiger partial charge is 0.311 e. The van der Waals surface area contributed by atoms with Crippen molar-refractivity contribution in [2.45, 2.75) is 84.7 Å². The molecule has 0 bridgehead atoms. The van der Waals surface area contributed by atoms with Crippen LogP contribution in [0.4, 0.5) is 0 Å². The number of carbonyl (C=O) groups excluding carboxylic acids is 2. The molecule has 0 saturated carbocycles. The summed E-state index contributed by atoms with van der Waals surface area (Å²) in [6, 6.07) is 0.0518. The van der Waals surface area contributed by atoms with Crippen LogP contribution in [0.15, 0.2) is 5.57 Å². The van der Waals surface area contributed by atoms with Crippen LogP contribution in [0.3, 0.4) is 0 Å². The minimum absolute atomic E-state index is 0.0518. The third-order valence-electron chi connectivity index (χ3n) is 5.28. The van der Waals surface area contributed by atoms with Gasteiger partial charge in [0.15, 0.2) is 0 Å². The SMILES string of the molecule is CC[C@H]1OC(=O)C(C)[C@@H](O)[C@H](C)CC(=C=O)C[C@@H](C)CN[C@H](C)C[C@@H]1O. The number of ether oxygens (including phenoxy) is 1. The molecule has 0 aromatic heterocycles. The third kappa shape index (κ3) is 6.84. The van der Waals surface area contributed by atoms with Gasteiger partial charge in [-0.15, -0.1) is 0 Å². The summed E-state index contributed by atoms with van der Waals surface area (Å²) in [5, 5.41) is 24.3. The van der Waals surface area contributed by atoms with E-state index in [-0.39, 0.29) is 17.9 Å². The molecule has 1 aliphatic heterocycles. The summed E-state index contributed by atoms with van der Waals surface area (Å²) in [5.41, 5.74) is 0.625. The number of nitrogens with one attached hydrogen (secondary N) is 1. The van der Waals surface area contributed by atoms with Crippen LogP contribution < -0.4 is 5.32 Å². The molecule has 0 aromatic rings. The molecular weight excluding hydrogens is 334 g/mol. The van der Waals surface area contributed by atoms with E-state index in [4.69, 9.17) is 4.74 Å². The first kappa shape index (κ1) is 22.8. The van der Waals surface area contributed by atoms with E-state index < -0.39 is 30.2 Å². The molecule has 0 amide bonds. The fourth-order valence-corrected chi connectivity index (χ4v) is 3.49. The molecule has 6 heteroatoms. The van der Waals surface area contributed by atoms with E-state index >= 15 is 0 Å². The summed E-state index contributed by atoms with van der Waals surface area (Å²) in [7, 11) is 0. The number of cyclic esters (lactones) is 1. The number of aliphatic hydroxyl groups is 2. The van der Waals surface area contributed by atoms with Crippen molar-refractivity contribution in [2.75, 3.05) is 6.54 Å². The maximum Gasteiger partial charge on any atom is 0.311 e. The van der Waals surface area contributed by atoms with Gasteiger partial charge in [0.25, 0.3) is 0 Å². The van der Waals surface area contributed by atoms with Crippen molar-refractivity contribution >= 4 is 11.9 Å². The van der Waals surface area contributed by atoms with E-state index in [1.165, 1.54) is 0 Å². The summed E-state index contributed by atoms with van der Waals surface area (Å²) in [5.74, 6) is 0.740. The molecule has 1 fully saturated rings. The first-order chi connectivity index (χ1) is 12.2. The van der Waals surface area contributed by atoms with Gasteiger partial charge in [-0.05, 0) is 57.9 Å². The Hall–Kier alpha value is -1.20. The summed E-state index contributed by atoms with van der Waals surface area (Å²) < 4.78 is 5.48. The minimum Gasteiger partial charge on any atom is -0.459 e. The monoisotopic (exact) mass is 369 g/mol. The molecular formula is C20H35NO5. The molecule has 1 aliphatic rings. The Balaban J connectivity index is 3.01. The normalized spacial score (nSPS) is 38.7.